The Bertz CT molecular complexity index is 698. The fourth-order valence-electron chi connectivity index (χ4n) is 1.77. The van der Waals surface area contributed by atoms with E-state index in [0.29, 0.717) is 5.16 Å². The maximum absolute atomic E-state index is 12.1. The molecule has 1 aromatic heterocycles. The van der Waals surface area contributed by atoms with Gasteiger partial charge in [0.05, 0.1) is 11.5 Å². The van der Waals surface area contributed by atoms with E-state index in [1.165, 1.54) is 11.8 Å². The predicted molar refractivity (Wildman–Crippen MR) is 96.7 cm³/mol. The molecule has 0 fully saturated rings. The van der Waals surface area contributed by atoms with E-state index in [9.17, 15) is 4.79 Å². The summed E-state index contributed by atoms with van der Waals surface area (Å²) in [6.07, 6.45) is 1.61. The third-order valence-corrected chi connectivity index (χ3v) is 4.36. The normalized spacial score (nSPS) is 12.3. The van der Waals surface area contributed by atoms with Gasteiger partial charge in [-0.3, -0.25) is 4.79 Å². The van der Waals surface area contributed by atoms with Crippen LogP contribution in [0.2, 0.25) is 0 Å². The van der Waals surface area contributed by atoms with Crippen molar-refractivity contribution in [3.8, 4) is 0 Å². The van der Waals surface area contributed by atoms with Crippen LogP contribution in [-0.4, -0.2) is 27.3 Å². The minimum Gasteiger partial charge on any atom is -0.272 e. The molecule has 0 aliphatic heterocycles. The van der Waals surface area contributed by atoms with E-state index in [1.807, 2.05) is 44.2 Å². The summed E-state index contributed by atoms with van der Waals surface area (Å²) < 4.78 is 0.997. The average Bonchev–Trinajstić information content (AvgIpc) is 2.48. The van der Waals surface area contributed by atoms with Crippen LogP contribution < -0.4 is 5.43 Å². The van der Waals surface area contributed by atoms with Gasteiger partial charge in [-0.2, -0.15) is 5.10 Å². The molecule has 0 saturated carbocycles. The van der Waals surface area contributed by atoms with Crippen molar-refractivity contribution < 1.29 is 4.79 Å². The summed E-state index contributed by atoms with van der Waals surface area (Å²) in [5, 5.41) is 4.24. The molecule has 2 aromatic rings. The number of aromatic nitrogens is 2. The first kappa shape index (κ1) is 17.6. The zero-order valence-corrected chi connectivity index (χ0v) is 15.5. The molecule has 5 nitrogen and oxygen atoms in total. The zero-order valence-electron chi connectivity index (χ0n) is 13.1. The molecule has 0 unspecified atom stereocenters. The smallest absolute Gasteiger partial charge is 0.253 e. The highest BCUT2D eigenvalue weighted by Gasteiger charge is 2.15. The van der Waals surface area contributed by atoms with Crippen molar-refractivity contribution >= 4 is 39.8 Å². The Morgan fingerprint density at radius 3 is 2.48 bits per heavy atom. The molecule has 1 N–H and O–H groups in total. The molecule has 1 aromatic carbocycles. The van der Waals surface area contributed by atoms with Crippen molar-refractivity contribution in [2.24, 2.45) is 5.10 Å². The monoisotopic (exact) mass is 392 g/mol. The van der Waals surface area contributed by atoms with Gasteiger partial charge in [0.15, 0.2) is 5.16 Å². The van der Waals surface area contributed by atoms with Gasteiger partial charge < -0.3 is 0 Å². The number of hydrogen-bond donors (Lipinski definition) is 1. The topological polar surface area (TPSA) is 67.2 Å². The number of amides is 1. The van der Waals surface area contributed by atoms with Crippen molar-refractivity contribution in [2.45, 2.75) is 31.2 Å². The summed E-state index contributed by atoms with van der Waals surface area (Å²) in [7, 11) is 0. The lowest BCUT2D eigenvalue weighted by Gasteiger charge is -2.09. The van der Waals surface area contributed by atoms with Crippen molar-refractivity contribution in [2.75, 3.05) is 0 Å². The molecule has 0 aliphatic rings. The van der Waals surface area contributed by atoms with E-state index in [-0.39, 0.29) is 11.2 Å². The Morgan fingerprint density at radius 1 is 1.26 bits per heavy atom. The molecule has 0 radical (unpaired) electrons. The molecule has 1 heterocycles. The van der Waals surface area contributed by atoms with E-state index < -0.39 is 0 Å². The fourth-order valence-corrected chi connectivity index (χ4v) is 2.90. The van der Waals surface area contributed by atoms with Gasteiger partial charge in [0.1, 0.15) is 0 Å². The van der Waals surface area contributed by atoms with Crippen molar-refractivity contribution in [1.82, 2.24) is 15.4 Å². The molecule has 0 spiro atoms. The number of carbonyl (C=O) groups is 1. The number of thioether (sulfide) groups is 1. The minimum atomic E-state index is -0.335. The second kappa shape index (κ2) is 8.21. The minimum absolute atomic E-state index is 0.189. The lowest BCUT2D eigenvalue weighted by molar-refractivity contribution is -0.120. The first-order valence-electron chi connectivity index (χ1n) is 7.01. The van der Waals surface area contributed by atoms with Crippen molar-refractivity contribution in [1.29, 1.82) is 0 Å². The first-order valence-corrected chi connectivity index (χ1v) is 8.69. The highest BCUT2D eigenvalue weighted by molar-refractivity contribution is 9.10. The van der Waals surface area contributed by atoms with Crippen LogP contribution in [0.3, 0.4) is 0 Å². The molecule has 0 aliphatic carbocycles. The second-order valence-electron chi connectivity index (χ2n) is 4.98. The number of aryl methyl sites for hydroxylation is 2. The van der Waals surface area contributed by atoms with E-state index in [0.717, 1.165) is 21.4 Å². The van der Waals surface area contributed by atoms with Gasteiger partial charge >= 0.3 is 0 Å². The first-order chi connectivity index (χ1) is 10.9. The number of hydrogen-bond acceptors (Lipinski definition) is 5. The van der Waals surface area contributed by atoms with Crippen LogP contribution in [0.15, 0.2) is 45.1 Å². The average molecular weight is 393 g/mol. The standard InChI is InChI=1S/C16H17BrN4OS/c1-10-8-11(2)20-16(19-10)23-12(3)15(22)21-18-9-13-4-6-14(17)7-5-13/h4-9,12H,1-3H3,(H,21,22)/b18-9-/t12-/m0/s1. The molecule has 120 valence electrons. The van der Waals surface area contributed by atoms with Crippen LogP contribution in [0.1, 0.15) is 23.9 Å². The SMILES string of the molecule is Cc1cc(C)nc(S[C@@H](C)C(=O)N/N=C\c2ccc(Br)cc2)n1. The predicted octanol–water partition coefficient (Wildman–Crippen LogP) is 3.49. The maximum atomic E-state index is 12.1. The lowest BCUT2D eigenvalue weighted by Crippen LogP contribution is -2.27. The molecular formula is C16H17BrN4OS. The summed E-state index contributed by atoms with van der Waals surface area (Å²) >= 11 is 4.68. The Balaban J connectivity index is 1.90. The molecule has 7 heteroatoms. The quantitative estimate of drug-likeness (QED) is 0.366. The van der Waals surface area contributed by atoms with Crippen LogP contribution in [0.25, 0.3) is 0 Å². The molecule has 1 atom stereocenters. The van der Waals surface area contributed by atoms with Gasteiger partial charge in [-0.25, -0.2) is 15.4 Å². The van der Waals surface area contributed by atoms with E-state index >= 15 is 0 Å². The highest BCUT2D eigenvalue weighted by atomic mass is 79.9. The molecular weight excluding hydrogens is 376 g/mol. The van der Waals surface area contributed by atoms with Gasteiger partial charge in [0, 0.05) is 15.9 Å². The van der Waals surface area contributed by atoms with Crippen LogP contribution in [0.4, 0.5) is 0 Å². The van der Waals surface area contributed by atoms with Crippen molar-refractivity contribution in [3.05, 3.63) is 51.8 Å². The molecule has 0 bridgehead atoms. The molecule has 0 saturated heterocycles. The second-order valence-corrected chi connectivity index (χ2v) is 7.20. The Hall–Kier alpha value is -1.73. The number of hydrazone groups is 1. The third kappa shape index (κ3) is 5.76. The van der Waals surface area contributed by atoms with E-state index in [4.69, 9.17) is 0 Å². The number of nitrogens with zero attached hydrogens (tertiary/aromatic N) is 3. The number of carbonyl (C=O) groups excluding carboxylic acids is 1. The fraction of sp³-hybridized carbons (Fsp3) is 0.250. The van der Waals surface area contributed by atoms with Crippen molar-refractivity contribution in [3.63, 3.8) is 0 Å². The summed E-state index contributed by atoms with van der Waals surface area (Å²) in [5.41, 5.74) is 5.23. The van der Waals surface area contributed by atoms with E-state index in [2.05, 4.69) is 36.4 Å². The van der Waals surface area contributed by atoms with Gasteiger partial charge in [-0.1, -0.05) is 39.8 Å². The summed E-state index contributed by atoms with van der Waals surface area (Å²) in [4.78, 5) is 20.7. The number of halogens is 1. The Morgan fingerprint density at radius 2 is 1.87 bits per heavy atom. The maximum Gasteiger partial charge on any atom is 0.253 e. The molecule has 2 rings (SSSR count). The van der Waals surface area contributed by atoms with Gasteiger partial charge in [0.2, 0.25) is 0 Å². The summed E-state index contributed by atoms with van der Waals surface area (Å²) in [6.45, 7) is 5.62. The lowest BCUT2D eigenvalue weighted by atomic mass is 10.2. The van der Waals surface area contributed by atoms with Crippen LogP contribution in [-0.2, 0) is 4.79 Å². The number of benzene rings is 1. The Kier molecular flexibility index (Phi) is 6.29. The number of nitrogens with one attached hydrogen (secondary N) is 1. The van der Waals surface area contributed by atoms with Gasteiger partial charge in [-0.15, -0.1) is 0 Å². The molecule has 23 heavy (non-hydrogen) atoms. The highest BCUT2D eigenvalue weighted by Crippen LogP contribution is 2.20. The third-order valence-electron chi connectivity index (χ3n) is 2.87. The van der Waals surface area contributed by atoms with Gasteiger partial charge in [-0.05, 0) is 44.5 Å². The molecule has 1 amide bonds. The van der Waals surface area contributed by atoms with Crippen LogP contribution in [0, 0.1) is 13.8 Å². The zero-order chi connectivity index (χ0) is 16.8. The van der Waals surface area contributed by atoms with E-state index in [1.54, 1.807) is 13.1 Å². The number of rotatable bonds is 5. The van der Waals surface area contributed by atoms with Gasteiger partial charge in [0.25, 0.3) is 5.91 Å². The van der Waals surface area contributed by atoms with Crippen LogP contribution >= 0.6 is 27.7 Å². The summed E-state index contributed by atoms with van der Waals surface area (Å²) in [6, 6.07) is 9.54. The largest absolute Gasteiger partial charge is 0.272 e. The summed E-state index contributed by atoms with van der Waals surface area (Å²) in [5.74, 6) is -0.189. The van der Waals surface area contributed by atoms with Crippen LogP contribution in [0.5, 0.6) is 0 Å². The Labute approximate surface area is 148 Å².